The largest absolute Gasteiger partial charge is 0.469 e. The fourth-order valence-electron chi connectivity index (χ4n) is 2.48. The molecule has 3 rings (SSSR count). The maximum absolute atomic E-state index is 14.5. The van der Waals surface area contributed by atoms with E-state index in [1.54, 1.807) is 30.1 Å². The molecular formula is C18H16FN3O2. The molecule has 3 aromatic rings. The number of esters is 1. The van der Waals surface area contributed by atoms with Crippen molar-refractivity contribution in [1.82, 2.24) is 14.8 Å². The highest BCUT2D eigenvalue weighted by Gasteiger charge is 2.17. The van der Waals surface area contributed by atoms with Gasteiger partial charge in [0.25, 0.3) is 0 Å². The molecule has 0 aliphatic carbocycles. The second-order valence-electron chi connectivity index (χ2n) is 5.37. The van der Waals surface area contributed by atoms with E-state index >= 15 is 0 Å². The van der Waals surface area contributed by atoms with E-state index in [4.69, 9.17) is 4.74 Å². The molecule has 0 fully saturated rings. The maximum Gasteiger partial charge on any atom is 0.312 e. The zero-order chi connectivity index (χ0) is 17.1. The summed E-state index contributed by atoms with van der Waals surface area (Å²) in [6.07, 6.45) is 3.05. The topological polar surface area (TPSA) is 57.0 Å². The average Bonchev–Trinajstić information content (AvgIpc) is 3.15. The average molecular weight is 325 g/mol. The Balaban J connectivity index is 1.88. The van der Waals surface area contributed by atoms with E-state index in [0.29, 0.717) is 11.1 Å². The third kappa shape index (κ3) is 3.03. The molecule has 0 saturated carbocycles. The number of carbonyl (C=O) groups is 1. The zero-order valence-electron chi connectivity index (χ0n) is 13.3. The minimum Gasteiger partial charge on any atom is -0.469 e. The third-order valence-electron chi connectivity index (χ3n) is 3.91. The Kier molecular flexibility index (Phi) is 4.37. The van der Waals surface area contributed by atoms with Crippen LogP contribution in [0.5, 0.6) is 0 Å². The second kappa shape index (κ2) is 6.62. The van der Waals surface area contributed by atoms with Crippen LogP contribution in [0.1, 0.15) is 18.4 Å². The van der Waals surface area contributed by atoms with Crippen LogP contribution in [0, 0.1) is 5.82 Å². The SMILES string of the molecule is COC(=O)C(C)c1ccc(-c2ccc(-n3cncn3)cc2)c(F)c1. The van der Waals surface area contributed by atoms with E-state index in [9.17, 15) is 9.18 Å². The predicted molar refractivity (Wildman–Crippen MR) is 87.2 cm³/mol. The molecule has 0 bridgehead atoms. The summed E-state index contributed by atoms with van der Waals surface area (Å²) in [4.78, 5) is 15.5. The van der Waals surface area contributed by atoms with E-state index in [-0.39, 0.29) is 11.8 Å². The number of methoxy groups -OCH3 is 1. The quantitative estimate of drug-likeness (QED) is 0.690. The molecular weight excluding hydrogens is 309 g/mol. The van der Waals surface area contributed by atoms with E-state index in [1.165, 1.54) is 19.5 Å². The zero-order valence-corrected chi connectivity index (χ0v) is 13.3. The smallest absolute Gasteiger partial charge is 0.312 e. The van der Waals surface area contributed by atoms with Crippen molar-refractivity contribution in [3.63, 3.8) is 0 Å². The van der Waals surface area contributed by atoms with Crippen LogP contribution in [-0.4, -0.2) is 27.8 Å². The fourth-order valence-corrected chi connectivity index (χ4v) is 2.48. The van der Waals surface area contributed by atoms with Gasteiger partial charge in [-0.1, -0.05) is 24.3 Å². The Hall–Kier alpha value is -3.02. The fraction of sp³-hybridized carbons (Fsp3) is 0.167. The Morgan fingerprint density at radius 1 is 1.21 bits per heavy atom. The van der Waals surface area contributed by atoms with Gasteiger partial charge in [-0.3, -0.25) is 4.79 Å². The predicted octanol–water partition coefficient (Wildman–Crippen LogP) is 3.35. The lowest BCUT2D eigenvalue weighted by Crippen LogP contribution is -2.11. The molecule has 0 N–H and O–H groups in total. The highest BCUT2D eigenvalue weighted by molar-refractivity contribution is 5.78. The Morgan fingerprint density at radius 2 is 1.96 bits per heavy atom. The van der Waals surface area contributed by atoms with Gasteiger partial charge in [0.15, 0.2) is 0 Å². The summed E-state index contributed by atoms with van der Waals surface area (Å²) in [6.45, 7) is 1.69. The number of carbonyl (C=O) groups excluding carboxylic acids is 1. The van der Waals surface area contributed by atoms with Gasteiger partial charge in [-0.25, -0.2) is 14.1 Å². The molecule has 5 nitrogen and oxygen atoms in total. The molecule has 0 saturated heterocycles. The number of aromatic nitrogens is 3. The Bertz CT molecular complexity index is 845. The summed E-state index contributed by atoms with van der Waals surface area (Å²) < 4.78 is 20.8. The van der Waals surface area contributed by atoms with Crippen molar-refractivity contribution in [2.75, 3.05) is 7.11 Å². The summed E-state index contributed by atoms with van der Waals surface area (Å²) in [5.74, 6) is -1.27. The number of hydrogen-bond acceptors (Lipinski definition) is 4. The van der Waals surface area contributed by atoms with Gasteiger partial charge in [0, 0.05) is 5.56 Å². The molecule has 122 valence electrons. The van der Waals surface area contributed by atoms with Crippen LogP contribution < -0.4 is 0 Å². The van der Waals surface area contributed by atoms with Gasteiger partial charge in [0.2, 0.25) is 0 Å². The van der Waals surface area contributed by atoms with Gasteiger partial charge < -0.3 is 4.74 Å². The molecule has 0 aliphatic rings. The lowest BCUT2D eigenvalue weighted by atomic mass is 9.97. The molecule has 6 heteroatoms. The number of benzene rings is 2. The minimum absolute atomic E-state index is 0.378. The highest BCUT2D eigenvalue weighted by Crippen LogP contribution is 2.27. The molecule has 1 heterocycles. The van der Waals surface area contributed by atoms with Crippen molar-refractivity contribution in [2.24, 2.45) is 0 Å². The van der Waals surface area contributed by atoms with E-state index in [0.717, 1.165) is 11.3 Å². The first kappa shape index (κ1) is 15.9. The summed E-state index contributed by atoms with van der Waals surface area (Å²) in [5, 5.41) is 4.05. The number of nitrogens with zero attached hydrogens (tertiary/aromatic N) is 3. The van der Waals surface area contributed by atoms with Gasteiger partial charge >= 0.3 is 5.97 Å². The molecule has 1 aromatic heterocycles. The first-order valence-corrected chi connectivity index (χ1v) is 7.43. The van der Waals surface area contributed by atoms with Crippen molar-refractivity contribution in [3.05, 3.63) is 66.5 Å². The van der Waals surface area contributed by atoms with E-state index in [2.05, 4.69) is 10.1 Å². The van der Waals surface area contributed by atoms with Crippen molar-refractivity contribution >= 4 is 5.97 Å². The summed E-state index contributed by atoms with van der Waals surface area (Å²) >= 11 is 0. The first-order chi connectivity index (χ1) is 11.6. The summed E-state index contributed by atoms with van der Waals surface area (Å²) in [6, 6.07) is 12.1. The van der Waals surface area contributed by atoms with Gasteiger partial charge in [-0.05, 0) is 36.2 Å². The minimum atomic E-state index is -0.506. The third-order valence-corrected chi connectivity index (χ3v) is 3.91. The van der Waals surface area contributed by atoms with Crippen LogP contribution >= 0.6 is 0 Å². The first-order valence-electron chi connectivity index (χ1n) is 7.43. The van der Waals surface area contributed by atoms with E-state index < -0.39 is 5.92 Å². The van der Waals surface area contributed by atoms with Crippen molar-refractivity contribution in [2.45, 2.75) is 12.8 Å². The van der Waals surface area contributed by atoms with E-state index in [1.807, 2.05) is 24.3 Å². The van der Waals surface area contributed by atoms with Crippen LogP contribution in [0.4, 0.5) is 4.39 Å². The van der Waals surface area contributed by atoms with Crippen LogP contribution in [0.2, 0.25) is 0 Å². The molecule has 0 spiro atoms. The standard InChI is InChI=1S/C18H16FN3O2/c1-12(18(23)24-2)14-5-8-16(17(19)9-14)13-3-6-15(7-4-13)22-11-20-10-21-22/h3-12H,1-2H3. The van der Waals surface area contributed by atoms with Crippen LogP contribution in [-0.2, 0) is 9.53 Å². The van der Waals surface area contributed by atoms with Crippen LogP contribution in [0.15, 0.2) is 55.1 Å². The lowest BCUT2D eigenvalue weighted by Gasteiger charge is -2.11. The van der Waals surface area contributed by atoms with Gasteiger partial charge in [-0.2, -0.15) is 5.10 Å². The number of rotatable bonds is 4. The maximum atomic E-state index is 14.5. The molecule has 24 heavy (non-hydrogen) atoms. The van der Waals surface area contributed by atoms with Crippen molar-refractivity contribution in [3.8, 4) is 16.8 Å². The Labute approximate surface area is 138 Å². The van der Waals surface area contributed by atoms with Gasteiger partial charge in [0.1, 0.15) is 18.5 Å². The van der Waals surface area contributed by atoms with Crippen molar-refractivity contribution < 1.29 is 13.9 Å². The summed E-state index contributed by atoms with van der Waals surface area (Å²) in [7, 11) is 1.32. The summed E-state index contributed by atoms with van der Waals surface area (Å²) in [5.41, 5.74) is 2.64. The molecule has 0 radical (unpaired) electrons. The molecule has 1 atom stereocenters. The van der Waals surface area contributed by atoms with Crippen molar-refractivity contribution in [1.29, 1.82) is 0 Å². The second-order valence-corrected chi connectivity index (χ2v) is 5.37. The number of hydrogen-bond donors (Lipinski definition) is 0. The van der Waals surface area contributed by atoms with Gasteiger partial charge in [-0.15, -0.1) is 0 Å². The monoisotopic (exact) mass is 325 g/mol. The lowest BCUT2D eigenvalue weighted by molar-refractivity contribution is -0.141. The molecule has 0 aliphatic heterocycles. The normalized spacial score (nSPS) is 12.0. The van der Waals surface area contributed by atoms with Gasteiger partial charge in [0.05, 0.1) is 18.7 Å². The number of ether oxygens (including phenoxy) is 1. The van der Waals surface area contributed by atoms with Crippen LogP contribution in [0.3, 0.4) is 0 Å². The highest BCUT2D eigenvalue weighted by atomic mass is 19.1. The molecule has 1 unspecified atom stereocenters. The van der Waals surface area contributed by atoms with Crippen LogP contribution in [0.25, 0.3) is 16.8 Å². The Morgan fingerprint density at radius 3 is 2.54 bits per heavy atom. The molecule has 0 amide bonds. The number of halogens is 1. The molecule has 2 aromatic carbocycles.